The largest absolute Gasteiger partial charge is 0.497 e. The van der Waals surface area contributed by atoms with Gasteiger partial charge in [-0.2, -0.15) is 4.31 Å². The third kappa shape index (κ3) is 6.19. The van der Waals surface area contributed by atoms with Gasteiger partial charge in [-0.15, -0.1) is 0 Å². The molecule has 0 bridgehead atoms. The van der Waals surface area contributed by atoms with Crippen LogP contribution in [0.15, 0.2) is 47.6 Å². The van der Waals surface area contributed by atoms with Crippen molar-refractivity contribution in [2.24, 2.45) is 0 Å². The predicted molar refractivity (Wildman–Crippen MR) is 147 cm³/mol. The van der Waals surface area contributed by atoms with Crippen molar-refractivity contribution in [1.29, 1.82) is 0 Å². The zero-order valence-corrected chi connectivity index (χ0v) is 23.2. The smallest absolute Gasteiger partial charge is 0.243 e. The highest BCUT2D eigenvalue weighted by molar-refractivity contribution is 7.89. The lowest BCUT2D eigenvalue weighted by Crippen LogP contribution is -2.49. The first kappa shape index (κ1) is 27.4. The number of aromatic nitrogens is 2. The summed E-state index contributed by atoms with van der Waals surface area (Å²) in [6.45, 7) is 6.69. The van der Waals surface area contributed by atoms with E-state index in [1.54, 1.807) is 38.5 Å². The van der Waals surface area contributed by atoms with Crippen LogP contribution in [-0.4, -0.2) is 107 Å². The second kappa shape index (κ2) is 12.3. The predicted octanol–water partition coefficient (Wildman–Crippen LogP) is 2.26. The quantitative estimate of drug-likeness (QED) is 0.345. The van der Waals surface area contributed by atoms with E-state index < -0.39 is 10.0 Å². The molecule has 0 spiro atoms. The topological polar surface area (TPSA) is 107 Å². The van der Waals surface area contributed by atoms with Crippen molar-refractivity contribution in [3.63, 3.8) is 0 Å². The minimum absolute atomic E-state index is 0.256. The highest BCUT2D eigenvalue weighted by Crippen LogP contribution is 2.35. The number of fused-ring (bicyclic) bond motifs is 1. The number of nitrogens with zero attached hydrogens (tertiary/aromatic N) is 5. The highest BCUT2D eigenvalue weighted by atomic mass is 32.2. The van der Waals surface area contributed by atoms with Gasteiger partial charge in [0.25, 0.3) is 0 Å². The molecule has 0 amide bonds. The highest BCUT2D eigenvalue weighted by Gasteiger charge is 2.30. The van der Waals surface area contributed by atoms with E-state index >= 15 is 0 Å². The summed E-state index contributed by atoms with van der Waals surface area (Å²) >= 11 is 0. The van der Waals surface area contributed by atoms with Crippen LogP contribution in [0.5, 0.6) is 17.2 Å². The molecule has 2 aliphatic heterocycles. The molecule has 0 N–H and O–H groups in total. The number of methoxy groups -OCH3 is 2. The number of hydrogen-bond donors (Lipinski definition) is 0. The van der Waals surface area contributed by atoms with Gasteiger partial charge in [-0.25, -0.2) is 18.4 Å². The van der Waals surface area contributed by atoms with Gasteiger partial charge in [0.15, 0.2) is 11.5 Å². The fourth-order valence-electron chi connectivity index (χ4n) is 4.91. The monoisotopic (exact) mass is 557 g/mol. The molecule has 11 nitrogen and oxygen atoms in total. The van der Waals surface area contributed by atoms with Gasteiger partial charge >= 0.3 is 0 Å². The summed E-state index contributed by atoms with van der Waals surface area (Å²) in [7, 11) is -0.430. The normalized spacial score (nSPS) is 17.3. The average Bonchev–Trinajstić information content (AvgIpc) is 2.99. The third-order valence-corrected chi connectivity index (χ3v) is 9.03. The maximum absolute atomic E-state index is 13.2. The number of anilines is 1. The molecule has 39 heavy (non-hydrogen) atoms. The number of morpholine rings is 1. The molecule has 2 fully saturated rings. The van der Waals surface area contributed by atoms with E-state index in [9.17, 15) is 8.42 Å². The molecule has 0 radical (unpaired) electrons. The van der Waals surface area contributed by atoms with E-state index in [0.29, 0.717) is 50.0 Å². The lowest BCUT2D eigenvalue weighted by molar-refractivity contribution is 0.0357. The first-order valence-electron chi connectivity index (χ1n) is 13.1. The minimum Gasteiger partial charge on any atom is -0.497 e. The minimum atomic E-state index is -3.60. The summed E-state index contributed by atoms with van der Waals surface area (Å²) in [5.41, 5.74) is 0.741. The van der Waals surface area contributed by atoms with Gasteiger partial charge in [-0.05, 0) is 36.8 Å². The molecule has 0 unspecified atom stereocenters. The summed E-state index contributed by atoms with van der Waals surface area (Å²) in [6, 6.07) is 10.3. The molecule has 2 aliphatic rings. The number of piperazine rings is 1. The lowest BCUT2D eigenvalue weighted by Gasteiger charge is -2.35. The molecule has 12 heteroatoms. The van der Waals surface area contributed by atoms with E-state index in [0.717, 1.165) is 56.0 Å². The van der Waals surface area contributed by atoms with Crippen molar-refractivity contribution in [3.8, 4) is 17.2 Å². The molecule has 2 aromatic carbocycles. The number of rotatable bonds is 10. The molecular formula is C27H35N5O6S. The molecule has 2 saturated heterocycles. The summed E-state index contributed by atoms with van der Waals surface area (Å²) in [5, 5.41) is 0.841. The molecule has 0 aliphatic carbocycles. The Bertz CT molecular complexity index is 1360. The second-order valence-corrected chi connectivity index (χ2v) is 11.4. The maximum atomic E-state index is 13.2. The standard InChI is InChI=1S/C27H35N5O6S/c1-35-21-4-6-22(7-5-21)39(33,34)32-11-9-31(10-12-32)27-23-18-26(25(36-2)19-24(23)28-20-29-27)38-15-3-8-30-13-16-37-17-14-30/h4-7,18-20H,3,8-17H2,1-2H3. The Morgan fingerprint density at radius 3 is 2.33 bits per heavy atom. The van der Waals surface area contributed by atoms with E-state index in [-0.39, 0.29) is 4.90 Å². The molecule has 0 saturated carbocycles. The van der Waals surface area contributed by atoms with Gasteiger partial charge < -0.3 is 23.8 Å². The van der Waals surface area contributed by atoms with E-state index in [2.05, 4.69) is 19.8 Å². The zero-order chi connectivity index (χ0) is 27.2. The van der Waals surface area contributed by atoms with Crippen molar-refractivity contribution >= 4 is 26.7 Å². The Labute approximate surface area is 229 Å². The number of sulfonamides is 1. The van der Waals surface area contributed by atoms with Crippen molar-refractivity contribution in [1.82, 2.24) is 19.2 Å². The molecule has 0 atom stereocenters. The first-order valence-corrected chi connectivity index (χ1v) is 14.6. The molecule has 3 aromatic rings. The van der Waals surface area contributed by atoms with Crippen LogP contribution in [0, 0.1) is 0 Å². The van der Waals surface area contributed by atoms with Crippen molar-refractivity contribution in [2.45, 2.75) is 11.3 Å². The van der Waals surface area contributed by atoms with E-state index in [1.807, 2.05) is 12.1 Å². The van der Waals surface area contributed by atoms with Crippen LogP contribution in [-0.2, 0) is 14.8 Å². The van der Waals surface area contributed by atoms with E-state index in [1.165, 1.54) is 10.6 Å². The number of hydrogen-bond acceptors (Lipinski definition) is 10. The Balaban J connectivity index is 1.27. The Hall–Kier alpha value is -3.19. The molecular weight excluding hydrogens is 522 g/mol. The van der Waals surface area contributed by atoms with E-state index in [4.69, 9.17) is 18.9 Å². The molecule has 5 rings (SSSR count). The molecule has 1 aromatic heterocycles. The first-order chi connectivity index (χ1) is 19.0. The van der Waals surface area contributed by atoms with Crippen molar-refractivity contribution in [2.75, 3.05) is 84.8 Å². The van der Waals surface area contributed by atoms with Crippen LogP contribution in [0.25, 0.3) is 10.9 Å². The van der Waals surface area contributed by atoms with Crippen LogP contribution in [0.2, 0.25) is 0 Å². The van der Waals surface area contributed by atoms with Crippen LogP contribution in [0.4, 0.5) is 5.82 Å². The zero-order valence-electron chi connectivity index (χ0n) is 22.4. The fourth-order valence-corrected chi connectivity index (χ4v) is 6.33. The van der Waals surface area contributed by atoms with Gasteiger partial charge in [0, 0.05) is 57.3 Å². The van der Waals surface area contributed by atoms with Crippen LogP contribution in [0.3, 0.4) is 0 Å². The van der Waals surface area contributed by atoms with Crippen LogP contribution >= 0.6 is 0 Å². The van der Waals surface area contributed by atoms with Crippen molar-refractivity contribution < 1.29 is 27.4 Å². The SMILES string of the molecule is COc1ccc(S(=O)(=O)N2CCN(c3ncnc4cc(OC)c(OCCCN5CCOCC5)cc34)CC2)cc1. The molecule has 3 heterocycles. The lowest BCUT2D eigenvalue weighted by atomic mass is 10.2. The maximum Gasteiger partial charge on any atom is 0.243 e. The third-order valence-electron chi connectivity index (χ3n) is 7.12. The van der Waals surface area contributed by atoms with Crippen LogP contribution in [0.1, 0.15) is 6.42 Å². The Morgan fingerprint density at radius 1 is 0.897 bits per heavy atom. The Kier molecular flexibility index (Phi) is 8.66. The Morgan fingerprint density at radius 2 is 1.64 bits per heavy atom. The second-order valence-electron chi connectivity index (χ2n) is 9.44. The van der Waals surface area contributed by atoms with Gasteiger partial charge in [0.05, 0.1) is 44.5 Å². The molecule has 210 valence electrons. The van der Waals surface area contributed by atoms with Gasteiger partial charge in [0.1, 0.15) is 17.9 Å². The average molecular weight is 558 g/mol. The summed E-state index contributed by atoms with van der Waals surface area (Å²) in [4.78, 5) is 13.7. The van der Waals surface area contributed by atoms with Crippen molar-refractivity contribution in [3.05, 3.63) is 42.7 Å². The number of ether oxygens (including phenoxy) is 4. The fraction of sp³-hybridized carbons (Fsp3) is 0.481. The van der Waals surface area contributed by atoms with Gasteiger partial charge in [-0.1, -0.05) is 0 Å². The van der Waals surface area contributed by atoms with Crippen LogP contribution < -0.4 is 19.1 Å². The van der Waals surface area contributed by atoms with Gasteiger partial charge in [0.2, 0.25) is 10.0 Å². The summed E-state index contributed by atoms with van der Waals surface area (Å²) in [5.74, 6) is 2.63. The summed E-state index contributed by atoms with van der Waals surface area (Å²) in [6.07, 6.45) is 2.42. The summed E-state index contributed by atoms with van der Waals surface area (Å²) < 4.78 is 50.2. The number of benzene rings is 2. The van der Waals surface area contributed by atoms with Gasteiger partial charge in [-0.3, -0.25) is 4.90 Å².